The Kier molecular flexibility index (Phi) is 3.44. The normalized spacial score (nSPS) is 9.68. The Morgan fingerprint density at radius 3 is 2.79 bits per heavy atom. The molecule has 0 saturated carbocycles. The van der Waals surface area contributed by atoms with Crippen molar-refractivity contribution < 1.29 is 9.18 Å². The van der Waals surface area contributed by atoms with Crippen LogP contribution in [-0.2, 0) is 0 Å². The maximum Gasteiger partial charge on any atom is 0.258 e. The lowest BCUT2D eigenvalue weighted by Crippen LogP contribution is -2.14. The van der Waals surface area contributed by atoms with E-state index < -0.39 is 11.7 Å². The van der Waals surface area contributed by atoms with Crippen LogP contribution in [0, 0.1) is 17.1 Å². The van der Waals surface area contributed by atoms with E-state index in [-0.39, 0.29) is 5.56 Å². The molecule has 0 saturated heterocycles. The molecule has 2 aromatic carbocycles. The fourth-order valence-corrected chi connectivity index (χ4v) is 1.58. The molecule has 19 heavy (non-hydrogen) atoms. The van der Waals surface area contributed by atoms with Gasteiger partial charge in [-0.25, -0.2) is 4.39 Å². The monoisotopic (exact) mass is 255 g/mol. The third-order valence-corrected chi connectivity index (χ3v) is 2.48. The molecular weight excluding hydrogens is 245 g/mol. The summed E-state index contributed by atoms with van der Waals surface area (Å²) in [6.07, 6.45) is 0. The van der Waals surface area contributed by atoms with E-state index in [2.05, 4.69) is 5.32 Å². The van der Waals surface area contributed by atoms with Gasteiger partial charge in [0.05, 0.1) is 17.2 Å². The number of nitriles is 1. The Bertz CT molecular complexity index is 677. The highest BCUT2D eigenvalue weighted by Crippen LogP contribution is 2.15. The van der Waals surface area contributed by atoms with Crippen LogP contribution < -0.4 is 11.1 Å². The standard InChI is InChI=1S/C14H10FN3O/c15-13-5-4-10(17)7-12(13)14(19)18-11-3-1-2-9(6-11)8-16/h1-7H,17H2,(H,18,19). The lowest BCUT2D eigenvalue weighted by atomic mass is 10.1. The van der Waals surface area contributed by atoms with Crippen LogP contribution in [0.3, 0.4) is 0 Å². The molecule has 0 fully saturated rings. The predicted molar refractivity (Wildman–Crippen MR) is 69.9 cm³/mol. The summed E-state index contributed by atoms with van der Waals surface area (Å²) in [6, 6.07) is 12.1. The number of benzene rings is 2. The van der Waals surface area contributed by atoms with Crippen molar-refractivity contribution in [3.05, 3.63) is 59.4 Å². The topological polar surface area (TPSA) is 78.9 Å². The van der Waals surface area contributed by atoms with Gasteiger partial charge in [0, 0.05) is 11.4 Å². The average molecular weight is 255 g/mol. The first kappa shape index (κ1) is 12.6. The van der Waals surface area contributed by atoms with Crippen molar-refractivity contribution in [2.24, 2.45) is 0 Å². The van der Waals surface area contributed by atoms with E-state index in [0.29, 0.717) is 16.9 Å². The first-order valence-electron chi connectivity index (χ1n) is 5.46. The third kappa shape index (κ3) is 2.87. The number of nitrogens with one attached hydrogen (secondary N) is 1. The minimum atomic E-state index is -0.650. The van der Waals surface area contributed by atoms with E-state index >= 15 is 0 Å². The van der Waals surface area contributed by atoms with Crippen LogP contribution in [0.1, 0.15) is 15.9 Å². The van der Waals surface area contributed by atoms with Gasteiger partial charge in [-0.05, 0) is 36.4 Å². The smallest absolute Gasteiger partial charge is 0.258 e. The lowest BCUT2D eigenvalue weighted by molar-refractivity contribution is 0.102. The number of hydrogen-bond acceptors (Lipinski definition) is 3. The Balaban J connectivity index is 2.26. The van der Waals surface area contributed by atoms with Crippen LogP contribution in [0.2, 0.25) is 0 Å². The second-order valence-corrected chi connectivity index (χ2v) is 3.89. The third-order valence-electron chi connectivity index (χ3n) is 2.48. The maximum atomic E-state index is 13.5. The second-order valence-electron chi connectivity index (χ2n) is 3.89. The minimum absolute atomic E-state index is 0.137. The number of nitrogens with zero attached hydrogens (tertiary/aromatic N) is 1. The minimum Gasteiger partial charge on any atom is -0.399 e. The van der Waals surface area contributed by atoms with Crippen molar-refractivity contribution in [2.45, 2.75) is 0 Å². The first-order chi connectivity index (χ1) is 9.10. The van der Waals surface area contributed by atoms with Gasteiger partial charge in [0.1, 0.15) is 5.82 Å². The lowest BCUT2D eigenvalue weighted by Gasteiger charge is -2.07. The van der Waals surface area contributed by atoms with E-state index in [1.54, 1.807) is 18.2 Å². The van der Waals surface area contributed by atoms with Crippen molar-refractivity contribution >= 4 is 17.3 Å². The van der Waals surface area contributed by atoms with Gasteiger partial charge >= 0.3 is 0 Å². The molecule has 5 heteroatoms. The molecule has 0 spiro atoms. The molecule has 0 heterocycles. The summed E-state index contributed by atoms with van der Waals surface area (Å²) in [7, 11) is 0. The van der Waals surface area contributed by atoms with Gasteiger partial charge < -0.3 is 11.1 Å². The van der Waals surface area contributed by atoms with E-state index in [0.717, 1.165) is 6.07 Å². The molecule has 0 atom stereocenters. The number of carbonyl (C=O) groups excluding carboxylic acids is 1. The number of nitrogen functional groups attached to an aromatic ring is 1. The zero-order valence-electron chi connectivity index (χ0n) is 9.85. The van der Waals surface area contributed by atoms with Crippen LogP contribution in [0.4, 0.5) is 15.8 Å². The van der Waals surface area contributed by atoms with Gasteiger partial charge in [-0.2, -0.15) is 5.26 Å². The van der Waals surface area contributed by atoms with Gasteiger partial charge in [-0.15, -0.1) is 0 Å². The highest BCUT2D eigenvalue weighted by Gasteiger charge is 2.12. The van der Waals surface area contributed by atoms with Crippen LogP contribution in [0.25, 0.3) is 0 Å². The van der Waals surface area contributed by atoms with Crippen LogP contribution in [0.15, 0.2) is 42.5 Å². The number of carbonyl (C=O) groups is 1. The number of rotatable bonds is 2. The van der Waals surface area contributed by atoms with Crippen molar-refractivity contribution in [1.82, 2.24) is 0 Å². The van der Waals surface area contributed by atoms with Crippen molar-refractivity contribution in [1.29, 1.82) is 5.26 Å². The quantitative estimate of drug-likeness (QED) is 0.809. The largest absolute Gasteiger partial charge is 0.399 e. The van der Waals surface area contributed by atoms with Crippen molar-refractivity contribution in [3.8, 4) is 6.07 Å². The average Bonchev–Trinajstić information content (AvgIpc) is 2.41. The Morgan fingerprint density at radius 1 is 1.26 bits per heavy atom. The molecule has 0 unspecified atom stereocenters. The number of amides is 1. The van der Waals surface area contributed by atoms with Crippen LogP contribution in [-0.4, -0.2) is 5.91 Å². The highest BCUT2D eigenvalue weighted by molar-refractivity contribution is 6.05. The molecule has 0 bridgehead atoms. The van der Waals surface area contributed by atoms with E-state index in [1.807, 2.05) is 6.07 Å². The molecule has 3 N–H and O–H groups in total. The van der Waals surface area contributed by atoms with Gasteiger partial charge in [0.15, 0.2) is 0 Å². The SMILES string of the molecule is N#Cc1cccc(NC(=O)c2cc(N)ccc2F)c1. The molecule has 1 amide bonds. The number of nitrogens with two attached hydrogens (primary N) is 1. The first-order valence-corrected chi connectivity index (χ1v) is 5.46. The fourth-order valence-electron chi connectivity index (χ4n) is 1.58. The molecule has 2 rings (SSSR count). The van der Waals surface area contributed by atoms with Crippen LogP contribution in [0.5, 0.6) is 0 Å². The molecule has 2 aromatic rings. The number of anilines is 2. The number of hydrogen-bond donors (Lipinski definition) is 2. The molecule has 0 aliphatic carbocycles. The molecule has 0 radical (unpaired) electrons. The van der Waals surface area contributed by atoms with Crippen molar-refractivity contribution in [3.63, 3.8) is 0 Å². The van der Waals surface area contributed by atoms with E-state index in [9.17, 15) is 9.18 Å². The molecular formula is C14H10FN3O. The zero-order valence-corrected chi connectivity index (χ0v) is 9.85. The Hall–Kier alpha value is -2.87. The van der Waals surface area contributed by atoms with Crippen molar-refractivity contribution in [2.75, 3.05) is 11.1 Å². The Labute approximate surface area is 109 Å². The van der Waals surface area contributed by atoms with E-state index in [4.69, 9.17) is 11.0 Å². The Morgan fingerprint density at radius 2 is 2.05 bits per heavy atom. The fraction of sp³-hybridized carbons (Fsp3) is 0. The van der Waals surface area contributed by atoms with Gasteiger partial charge in [-0.3, -0.25) is 4.79 Å². The molecule has 0 aliphatic heterocycles. The number of halogens is 1. The summed E-state index contributed by atoms with van der Waals surface area (Å²) in [6.45, 7) is 0. The maximum absolute atomic E-state index is 13.5. The van der Waals surface area contributed by atoms with Gasteiger partial charge in [0.25, 0.3) is 5.91 Å². The molecule has 0 aliphatic rings. The molecule has 0 aromatic heterocycles. The molecule has 94 valence electrons. The summed E-state index contributed by atoms with van der Waals surface area (Å²) in [5, 5.41) is 11.3. The molecule has 4 nitrogen and oxygen atoms in total. The summed E-state index contributed by atoms with van der Waals surface area (Å²) in [5.41, 5.74) is 6.51. The van der Waals surface area contributed by atoms with Crippen LogP contribution >= 0.6 is 0 Å². The summed E-state index contributed by atoms with van der Waals surface area (Å²) < 4.78 is 13.5. The summed E-state index contributed by atoms with van der Waals surface area (Å²) >= 11 is 0. The summed E-state index contributed by atoms with van der Waals surface area (Å²) in [5.74, 6) is -1.26. The zero-order chi connectivity index (χ0) is 13.8. The predicted octanol–water partition coefficient (Wildman–Crippen LogP) is 2.53. The van der Waals surface area contributed by atoms with E-state index in [1.165, 1.54) is 18.2 Å². The summed E-state index contributed by atoms with van der Waals surface area (Å²) in [4.78, 5) is 11.9. The second kappa shape index (κ2) is 5.19. The van der Waals surface area contributed by atoms with Gasteiger partial charge in [-0.1, -0.05) is 6.07 Å². The van der Waals surface area contributed by atoms with Gasteiger partial charge in [0.2, 0.25) is 0 Å². The highest BCUT2D eigenvalue weighted by atomic mass is 19.1.